The van der Waals surface area contributed by atoms with Crippen molar-refractivity contribution in [3.8, 4) is 6.07 Å². The van der Waals surface area contributed by atoms with Crippen LogP contribution in [0, 0.1) is 32.1 Å². The lowest BCUT2D eigenvalue weighted by molar-refractivity contribution is -0.112. The maximum absolute atomic E-state index is 12.5. The maximum Gasteiger partial charge on any atom is 0.266 e. The molecule has 3 rings (SSSR count). The number of nitrogens with one attached hydrogen (secondary N) is 1. The number of hydrogen-bond acceptors (Lipinski definition) is 3. The molecule has 0 aliphatic heterocycles. The van der Waals surface area contributed by atoms with Gasteiger partial charge >= 0.3 is 0 Å². The first kappa shape index (κ1) is 20.4. The largest absolute Gasteiger partial charge is 0.321 e. The zero-order valence-electron chi connectivity index (χ0n) is 16.7. The summed E-state index contributed by atoms with van der Waals surface area (Å²) in [6.45, 7) is 6.01. The highest BCUT2D eigenvalue weighted by Gasteiger charge is 2.11. The Balaban J connectivity index is 1.73. The minimum absolute atomic E-state index is 0.0739. The van der Waals surface area contributed by atoms with E-state index in [2.05, 4.69) is 36.5 Å². The fourth-order valence-corrected chi connectivity index (χ4v) is 3.58. The van der Waals surface area contributed by atoms with Gasteiger partial charge in [0.05, 0.1) is 0 Å². The van der Waals surface area contributed by atoms with Gasteiger partial charge in [-0.05, 0) is 73.9 Å². The topological polar surface area (TPSA) is 52.9 Å². The predicted molar refractivity (Wildman–Crippen MR) is 120 cm³/mol. The monoisotopic (exact) mass is 398 g/mol. The van der Waals surface area contributed by atoms with Crippen LogP contribution in [0.3, 0.4) is 0 Å². The molecule has 0 spiro atoms. The summed E-state index contributed by atoms with van der Waals surface area (Å²) in [5.74, 6) is -0.403. The molecule has 1 amide bonds. The number of hydrogen-bond donors (Lipinski definition) is 1. The van der Waals surface area contributed by atoms with Gasteiger partial charge in [-0.2, -0.15) is 5.26 Å². The Labute approximate surface area is 176 Å². The van der Waals surface area contributed by atoms with Crippen molar-refractivity contribution in [1.29, 1.82) is 5.26 Å². The van der Waals surface area contributed by atoms with Crippen molar-refractivity contribution in [2.45, 2.75) is 30.6 Å². The molecule has 0 aromatic heterocycles. The summed E-state index contributed by atoms with van der Waals surface area (Å²) < 4.78 is 0. The summed E-state index contributed by atoms with van der Waals surface area (Å²) in [6, 6.07) is 23.9. The zero-order chi connectivity index (χ0) is 20.8. The van der Waals surface area contributed by atoms with E-state index < -0.39 is 5.91 Å². The van der Waals surface area contributed by atoms with E-state index in [0.29, 0.717) is 0 Å². The van der Waals surface area contributed by atoms with E-state index in [9.17, 15) is 10.1 Å². The molecule has 0 unspecified atom stereocenters. The van der Waals surface area contributed by atoms with E-state index in [0.717, 1.165) is 27.3 Å². The van der Waals surface area contributed by atoms with Crippen molar-refractivity contribution < 1.29 is 4.79 Å². The Hall–Kier alpha value is -3.29. The van der Waals surface area contributed by atoms with Gasteiger partial charge < -0.3 is 5.32 Å². The molecule has 0 saturated heterocycles. The molecule has 0 bridgehead atoms. The average Bonchev–Trinajstić information content (AvgIpc) is 2.72. The van der Waals surface area contributed by atoms with Gasteiger partial charge in [0.2, 0.25) is 0 Å². The van der Waals surface area contributed by atoms with Crippen LogP contribution in [0.15, 0.2) is 82.1 Å². The molecule has 0 aliphatic rings. The molecule has 0 atom stereocenters. The number of carbonyl (C=O) groups is 1. The Bertz CT molecular complexity index is 1090. The third-order valence-corrected chi connectivity index (χ3v) is 5.68. The fourth-order valence-electron chi connectivity index (χ4n) is 2.77. The Morgan fingerprint density at radius 3 is 2.17 bits per heavy atom. The first-order valence-electron chi connectivity index (χ1n) is 9.30. The molecule has 29 heavy (non-hydrogen) atoms. The van der Waals surface area contributed by atoms with Crippen LogP contribution in [0.25, 0.3) is 6.08 Å². The Morgan fingerprint density at radius 1 is 0.931 bits per heavy atom. The highest BCUT2D eigenvalue weighted by molar-refractivity contribution is 7.99. The molecule has 0 fully saturated rings. The minimum atomic E-state index is -0.403. The van der Waals surface area contributed by atoms with Crippen LogP contribution in [0.5, 0.6) is 0 Å². The van der Waals surface area contributed by atoms with E-state index in [1.807, 2.05) is 62.4 Å². The number of rotatable bonds is 5. The number of amides is 1. The van der Waals surface area contributed by atoms with Crippen molar-refractivity contribution in [2.24, 2.45) is 0 Å². The molecular weight excluding hydrogens is 376 g/mol. The number of carbonyl (C=O) groups excluding carboxylic acids is 1. The van der Waals surface area contributed by atoms with Crippen LogP contribution in [0.1, 0.15) is 22.3 Å². The lowest BCUT2D eigenvalue weighted by atomic mass is 10.1. The van der Waals surface area contributed by atoms with Gasteiger partial charge in [-0.15, -0.1) is 0 Å². The molecular formula is C25H22N2OS. The number of nitriles is 1. The maximum atomic E-state index is 12.5. The zero-order valence-corrected chi connectivity index (χ0v) is 17.5. The molecule has 144 valence electrons. The smallest absolute Gasteiger partial charge is 0.266 e. The quantitative estimate of drug-likeness (QED) is 0.405. The van der Waals surface area contributed by atoms with E-state index in [1.54, 1.807) is 17.8 Å². The lowest BCUT2D eigenvalue weighted by Crippen LogP contribution is -2.14. The molecule has 3 nitrogen and oxygen atoms in total. The standard InChI is InChI=1S/C25H22N2OS/c1-17-7-11-22(12-8-17)29-23-13-9-20(10-14-23)15-21(16-26)25(28)27-24-6-4-5-18(2)19(24)3/h4-15H,1-3H3,(H,27,28)/b21-15-. The Morgan fingerprint density at radius 2 is 1.55 bits per heavy atom. The van der Waals surface area contributed by atoms with Crippen LogP contribution in [-0.4, -0.2) is 5.91 Å². The number of aryl methyl sites for hydroxylation is 2. The molecule has 3 aromatic rings. The highest BCUT2D eigenvalue weighted by Crippen LogP contribution is 2.28. The number of benzene rings is 3. The van der Waals surface area contributed by atoms with Gasteiger partial charge in [0.25, 0.3) is 5.91 Å². The third kappa shape index (κ3) is 5.37. The van der Waals surface area contributed by atoms with Crippen LogP contribution in [0.2, 0.25) is 0 Å². The van der Waals surface area contributed by atoms with Crippen molar-refractivity contribution in [2.75, 3.05) is 5.32 Å². The minimum Gasteiger partial charge on any atom is -0.321 e. The molecule has 4 heteroatoms. The molecule has 0 aliphatic carbocycles. The van der Waals surface area contributed by atoms with Crippen LogP contribution in [-0.2, 0) is 4.79 Å². The lowest BCUT2D eigenvalue weighted by Gasteiger charge is -2.10. The normalized spacial score (nSPS) is 11.0. The first-order valence-corrected chi connectivity index (χ1v) is 10.1. The van der Waals surface area contributed by atoms with Gasteiger partial charge in [-0.25, -0.2) is 0 Å². The highest BCUT2D eigenvalue weighted by atomic mass is 32.2. The second-order valence-corrected chi connectivity index (χ2v) is 8.00. The fraction of sp³-hybridized carbons (Fsp3) is 0.120. The summed E-state index contributed by atoms with van der Waals surface area (Å²) in [7, 11) is 0. The van der Waals surface area contributed by atoms with Gasteiger partial charge in [0.1, 0.15) is 11.6 Å². The molecule has 0 heterocycles. The van der Waals surface area contributed by atoms with Crippen LogP contribution >= 0.6 is 11.8 Å². The average molecular weight is 399 g/mol. The second kappa shape index (κ2) is 9.27. The van der Waals surface area contributed by atoms with Gasteiger partial charge in [-0.3, -0.25) is 4.79 Å². The molecule has 0 saturated carbocycles. The third-order valence-electron chi connectivity index (χ3n) is 4.67. The molecule has 3 aromatic carbocycles. The van der Waals surface area contributed by atoms with Crippen molar-refractivity contribution in [3.05, 3.63) is 94.6 Å². The molecule has 0 radical (unpaired) electrons. The van der Waals surface area contributed by atoms with Crippen molar-refractivity contribution in [1.82, 2.24) is 0 Å². The van der Waals surface area contributed by atoms with E-state index in [1.165, 1.54) is 10.5 Å². The van der Waals surface area contributed by atoms with Gasteiger partial charge in [0, 0.05) is 15.5 Å². The van der Waals surface area contributed by atoms with E-state index in [4.69, 9.17) is 0 Å². The SMILES string of the molecule is Cc1ccc(Sc2ccc(/C=C(/C#N)C(=O)Nc3cccc(C)c3C)cc2)cc1. The number of anilines is 1. The molecule has 1 N–H and O–H groups in total. The summed E-state index contributed by atoms with van der Waals surface area (Å²) >= 11 is 1.68. The van der Waals surface area contributed by atoms with Crippen molar-refractivity contribution >= 4 is 29.4 Å². The van der Waals surface area contributed by atoms with E-state index >= 15 is 0 Å². The van der Waals surface area contributed by atoms with Gasteiger partial charge in [0.15, 0.2) is 0 Å². The summed E-state index contributed by atoms with van der Waals surface area (Å²) in [5, 5.41) is 12.3. The van der Waals surface area contributed by atoms with Crippen LogP contribution in [0.4, 0.5) is 5.69 Å². The summed E-state index contributed by atoms with van der Waals surface area (Å²) in [4.78, 5) is 14.8. The Kier molecular flexibility index (Phi) is 6.54. The summed E-state index contributed by atoms with van der Waals surface area (Å²) in [5.41, 5.74) is 4.93. The van der Waals surface area contributed by atoms with Crippen molar-refractivity contribution in [3.63, 3.8) is 0 Å². The predicted octanol–water partition coefficient (Wildman–Crippen LogP) is 6.31. The second-order valence-electron chi connectivity index (χ2n) is 6.86. The van der Waals surface area contributed by atoms with Gasteiger partial charge in [-0.1, -0.05) is 53.7 Å². The number of nitrogens with zero attached hydrogens (tertiary/aromatic N) is 1. The first-order chi connectivity index (χ1) is 14.0. The van der Waals surface area contributed by atoms with E-state index in [-0.39, 0.29) is 5.57 Å². The van der Waals surface area contributed by atoms with Crippen LogP contribution < -0.4 is 5.32 Å². The summed E-state index contributed by atoms with van der Waals surface area (Å²) in [6.07, 6.45) is 1.61.